The molecule has 0 aromatic carbocycles. The second-order valence-electron chi connectivity index (χ2n) is 3.65. The molecule has 2 saturated heterocycles. The van der Waals surface area contributed by atoms with Crippen molar-refractivity contribution in [1.29, 1.82) is 0 Å². The molecule has 0 N–H and O–H groups in total. The Morgan fingerprint density at radius 2 is 0.900 bits per heavy atom. The highest BCUT2D eigenvalue weighted by Crippen LogP contribution is 2.67. The van der Waals surface area contributed by atoms with Crippen molar-refractivity contribution in [1.82, 2.24) is 0 Å². The van der Waals surface area contributed by atoms with Crippen LogP contribution in [0.1, 0.15) is 25.7 Å². The zero-order chi connectivity index (χ0) is 6.16. The van der Waals surface area contributed by atoms with Gasteiger partial charge in [0, 0.05) is 7.26 Å². The third kappa shape index (κ3) is 1.48. The number of hydrogen-bond acceptors (Lipinski definition) is 0. The summed E-state index contributed by atoms with van der Waals surface area (Å²) in [7, 11) is -0.198. The maximum atomic E-state index is 1.67. The molecule has 0 amide bonds. The molecular formula is C8H16ClP. The lowest BCUT2D eigenvalue weighted by molar-refractivity contribution is -0.00000197. The molecular weight excluding hydrogens is 163 g/mol. The molecule has 2 heteroatoms. The maximum Gasteiger partial charge on any atom is 0.0595 e. The summed E-state index contributed by atoms with van der Waals surface area (Å²) < 4.78 is 0. The first-order valence-corrected chi connectivity index (χ1v) is 6.79. The van der Waals surface area contributed by atoms with E-state index in [9.17, 15) is 0 Å². The van der Waals surface area contributed by atoms with Gasteiger partial charge in [-0.25, -0.2) is 0 Å². The van der Waals surface area contributed by atoms with Gasteiger partial charge in [-0.3, -0.25) is 0 Å². The summed E-state index contributed by atoms with van der Waals surface area (Å²) in [6, 6.07) is 0. The van der Waals surface area contributed by atoms with Crippen LogP contribution in [0.2, 0.25) is 0 Å². The predicted molar refractivity (Wildman–Crippen MR) is 44.9 cm³/mol. The Hall–Kier alpha value is 0.720. The fourth-order valence-corrected chi connectivity index (χ4v) is 7.38. The Morgan fingerprint density at radius 3 is 1.20 bits per heavy atom. The van der Waals surface area contributed by atoms with Crippen LogP contribution in [-0.4, -0.2) is 24.6 Å². The molecule has 2 aliphatic heterocycles. The van der Waals surface area contributed by atoms with Crippen molar-refractivity contribution in [2.75, 3.05) is 24.6 Å². The summed E-state index contributed by atoms with van der Waals surface area (Å²) in [5.41, 5.74) is 0. The fourth-order valence-electron chi connectivity index (χ4n) is 2.46. The van der Waals surface area contributed by atoms with Gasteiger partial charge in [-0.05, 0) is 25.7 Å². The molecule has 0 unspecified atom stereocenters. The average Bonchev–Trinajstić information content (AvgIpc) is 2.45. The van der Waals surface area contributed by atoms with E-state index in [4.69, 9.17) is 0 Å². The van der Waals surface area contributed by atoms with Gasteiger partial charge in [-0.1, -0.05) is 0 Å². The number of hydrogen-bond donors (Lipinski definition) is 0. The van der Waals surface area contributed by atoms with Crippen LogP contribution in [0.5, 0.6) is 0 Å². The van der Waals surface area contributed by atoms with E-state index >= 15 is 0 Å². The molecule has 2 fully saturated rings. The summed E-state index contributed by atoms with van der Waals surface area (Å²) in [6.45, 7) is 0. The zero-order valence-electron chi connectivity index (χ0n) is 6.48. The van der Waals surface area contributed by atoms with Gasteiger partial charge in [0.15, 0.2) is 0 Å². The van der Waals surface area contributed by atoms with E-state index in [1.165, 1.54) is 0 Å². The van der Waals surface area contributed by atoms with Gasteiger partial charge in [-0.2, -0.15) is 0 Å². The summed E-state index contributed by atoms with van der Waals surface area (Å²) in [5, 5.41) is 0. The predicted octanol–water partition coefficient (Wildman–Crippen LogP) is -0.404. The van der Waals surface area contributed by atoms with Crippen molar-refractivity contribution < 1.29 is 12.4 Å². The molecule has 0 aromatic heterocycles. The normalized spacial score (nSPS) is 28.8. The smallest absolute Gasteiger partial charge is 0.0595 e. The van der Waals surface area contributed by atoms with Crippen LogP contribution in [0.15, 0.2) is 0 Å². The van der Waals surface area contributed by atoms with E-state index < -0.39 is 0 Å². The van der Waals surface area contributed by atoms with E-state index in [-0.39, 0.29) is 19.7 Å². The molecule has 60 valence electrons. The van der Waals surface area contributed by atoms with Gasteiger partial charge in [0.25, 0.3) is 0 Å². The van der Waals surface area contributed by atoms with Gasteiger partial charge in [0.05, 0.1) is 24.6 Å². The Kier molecular flexibility index (Phi) is 3.01. The Labute approximate surface area is 70.5 Å². The lowest BCUT2D eigenvalue weighted by Crippen LogP contribution is -3.00. The molecule has 0 saturated carbocycles. The number of rotatable bonds is 0. The van der Waals surface area contributed by atoms with E-state index in [2.05, 4.69) is 0 Å². The third-order valence-corrected chi connectivity index (χ3v) is 8.09. The van der Waals surface area contributed by atoms with Crippen LogP contribution in [0.3, 0.4) is 0 Å². The van der Waals surface area contributed by atoms with Crippen molar-refractivity contribution in [2.24, 2.45) is 0 Å². The largest absolute Gasteiger partial charge is 1.00 e. The summed E-state index contributed by atoms with van der Waals surface area (Å²) in [6.07, 6.45) is 13.0. The highest BCUT2D eigenvalue weighted by molar-refractivity contribution is 7.76. The van der Waals surface area contributed by atoms with Crippen molar-refractivity contribution >= 4 is 7.26 Å². The molecule has 0 radical (unpaired) electrons. The highest BCUT2D eigenvalue weighted by Gasteiger charge is 2.42. The Morgan fingerprint density at radius 1 is 0.600 bits per heavy atom. The second kappa shape index (κ2) is 3.41. The van der Waals surface area contributed by atoms with Crippen molar-refractivity contribution in [3.63, 3.8) is 0 Å². The zero-order valence-corrected chi connectivity index (χ0v) is 8.13. The maximum absolute atomic E-state index is 1.67. The minimum Gasteiger partial charge on any atom is -1.00 e. The average molecular weight is 179 g/mol. The fraction of sp³-hybridized carbons (Fsp3) is 1.00. The molecule has 10 heavy (non-hydrogen) atoms. The van der Waals surface area contributed by atoms with Gasteiger partial charge in [0.1, 0.15) is 0 Å². The van der Waals surface area contributed by atoms with Gasteiger partial charge in [-0.15, -0.1) is 0 Å². The Bertz CT molecular complexity index is 84.3. The van der Waals surface area contributed by atoms with Crippen LogP contribution in [0.4, 0.5) is 0 Å². The molecule has 0 nitrogen and oxygen atoms in total. The molecule has 2 rings (SSSR count). The second-order valence-corrected chi connectivity index (χ2v) is 8.12. The quantitative estimate of drug-likeness (QED) is 0.443. The first-order chi connectivity index (χ1) is 4.41. The van der Waals surface area contributed by atoms with Gasteiger partial charge in [0.2, 0.25) is 0 Å². The molecule has 0 aromatic rings. The summed E-state index contributed by atoms with van der Waals surface area (Å²) in [4.78, 5) is 0. The van der Waals surface area contributed by atoms with Crippen LogP contribution in [-0.2, 0) is 0 Å². The van der Waals surface area contributed by atoms with E-state index in [0.717, 1.165) is 0 Å². The monoisotopic (exact) mass is 178 g/mol. The lowest BCUT2D eigenvalue weighted by atomic mass is 10.4. The van der Waals surface area contributed by atoms with Crippen LogP contribution in [0.25, 0.3) is 0 Å². The molecule has 2 aliphatic rings. The molecule has 2 heterocycles. The van der Waals surface area contributed by atoms with Crippen LogP contribution < -0.4 is 12.4 Å². The van der Waals surface area contributed by atoms with E-state index in [0.29, 0.717) is 0 Å². The first-order valence-electron chi connectivity index (χ1n) is 4.26. The minimum absolute atomic E-state index is 0. The van der Waals surface area contributed by atoms with Crippen molar-refractivity contribution in [3.8, 4) is 0 Å². The molecule has 0 aliphatic carbocycles. The van der Waals surface area contributed by atoms with E-state index in [1.54, 1.807) is 50.3 Å². The van der Waals surface area contributed by atoms with Crippen molar-refractivity contribution in [3.05, 3.63) is 0 Å². The molecule has 0 atom stereocenters. The minimum atomic E-state index is -0.198. The third-order valence-electron chi connectivity index (χ3n) is 3.03. The van der Waals surface area contributed by atoms with Gasteiger partial charge < -0.3 is 12.4 Å². The number of halogens is 1. The molecule has 1 spiro atoms. The summed E-state index contributed by atoms with van der Waals surface area (Å²) >= 11 is 0. The lowest BCUT2D eigenvalue weighted by Gasteiger charge is -2.13. The topological polar surface area (TPSA) is 0 Å². The highest BCUT2D eigenvalue weighted by atomic mass is 35.5. The van der Waals surface area contributed by atoms with Crippen LogP contribution in [0, 0.1) is 0 Å². The standard InChI is InChI=1S/C8H16P.ClH/c1-2-6-9(5-1)7-3-4-8-9;/h1-8H2;1H/q+1;/p-1. The van der Waals surface area contributed by atoms with Crippen LogP contribution >= 0.6 is 7.26 Å². The Balaban J connectivity index is 0.000000500. The molecule has 0 bridgehead atoms. The SMILES string of the molecule is C1CC[P+]2(C1)CCCC2.[Cl-]. The van der Waals surface area contributed by atoms with Gasteiger partial charge >= 0.3 is 0 Å². The first kappa shape index (κ1) is 8.81. The van der Waals surface area contributed by atoms with E-state index in [1.807, 2.05) is 0 Å². The summed E-state index contributed by atoms with van der Waals surface area (Å²) in [5.74, 6) is 0. The van der Waals surface area contributed by atoms with Crippen molar-refractivity contribution in [2.45, 2.75) is 25.7 Å².